The third-order valence-corrected chi connectivity index (χ3v) is 9.71. The molecule has 1 saturated heterocycles. The summed E-state index contributed by atoms with van der Waals surface area (Å²) in [5, 5.41) is 0. The van der Waals surface area contributed by atoms with Gasteiger partial charge in [0.25, 0.3) is 0 Å². The SMILES string of the molecule is CN1CCN(c2ccc(OC(=O)C3CCC(C(=O)Oc4ccc(-c5ccc(C6CCCCC6)cc5)cc4)CC3)cc2)CC1. The minimum Gasteiger partial charge on any atom is -0.426 e. The van der Waals surface area contributed by atoms with Crippen LogP contribution in [-0.4, -0.2) is 50.1 Å². The molecule has 6 heteroatoms. The van der Waals surface area contributed by atoms with Crippen molar-refractivity contribution in [2.24, 2.45) is 11.8 Å². The molecule has 6 nitrogen and oxygen atoms in total. The topological polar surface area (TPSA) is 59.1 Å². The molecule has 0 spiro atoms. The molecule has 0 bridgehead atoms. The van der Waals surface area contributed by atoms with Crippen molar-refractivity contribution in [3.63, 3.8) is 0 Å². The number of benzene rings is 3. The Kier molecular flexibility index (Phi) is 9.42. The van der Waals surface area contributed by atoms with Gasteiger partial charge in [-0.25, -0.2) is 0 Å². The highest BCUT2D eigenvalue weighted by Gasteiger charge is 2.32. The highest BCUT2D eigenvalue weighted by molar-refractivity contribution is 5.78. The van der Waals surface area contributed by atoms with E-state index in [1.54, 1.807) is 0 Å². The predicted octanol–water partition coefficient (Wildman–Crippen LogP) is 7.47. The van der Waals surface area contributed by atoms with E-state index in [4.69, 9.17) is 9.47 Å². The van der Waals surface area contributed by atoms with Gasteiger partial charge >= 0.3 is 11.9 Å². The molecular formula is C37H44N2O4. The molecule has 0 radical (unpaired) electrons. The molecule has 6 rings (SSSR count). The van der Waals surface area contributed by atoms with Crippen molar-refractivity contribution in [1.29, 1.82) is 0 Å². The lowest BCUT2D eigenvalue weighted by Gasteiger charge is -2.34. The molecule has 3 aromatic rings. The van der Waals surface area contributed by atoms with Crippen molar-refractivity contribution < 1.29 is 19.1 Å². The molecule has 2 aliphatic carbocycles. The van der Waals surface area contributed by atoms with E-state index in [2.05, 4.69) is 41.1 Å². The predicted molar refractivity (Wildman–Crippen MR) is 171 cm³/mol. The maximum atomic E-state index is 12.9. The number of hydrogen-bond acceptors (Lipinski definition) is 6. The Hall–Kier alpha value is -3.64. The van der Waals surface area contributed by atoms with Crippen molar-refractivity contribution in [2.45, 2.75) is 63.7 Å². The second-order valence-corrected chi connectivity index (χ2v) is 12.7. The lowest BCUT2D eigenvalue weighted by atomic mass is 9.82. The minimum atomic E-state index is -0.212. The highest BCUT2D eigenvalue weighted by Crippen LogP contribution is 2.35. The molecule has 3 aliphatic rings. The van der Waals surface area contributed by atoms with Crippen LogP contribution in [0.5, 0.6) is 11.5 Å². The van der Waals surface area contributed by atoms with Crippen molar-refractivity contribution in [3.8, 4) is 22.6 Å². The Labute approximate surface area is 256 Å². The number of carbonyl (C=O) groups excluding carboxylic acids is 2. The fourth-order valence-electron chi connectivity index (χ4n) is 6.85. The monoisotopic (exact) mass is 580 g/mol. The Morgan fingerprint density at radius 3 is 1.56 bits per heavy atom. The van der Waals surface area contributed by atoms with Gasteiger partial charge in [-0.05, 0) is 105 Å². The smallest absolute Gasteiger partial charge is 0.314 e. The molecule has 0 aromatic heterocycles. The number of carbonyl (C=O) groups is 2. The number of anilines is 1. The first-order chi connectivity index (χ1) is 21.0. The summed E-state index contributed by atoms with van der Waals surface area (Å²) in [4.78, 5) is 30.5. The van der Waals surface area contributed by atoms with E-state index < -0.39 is 0 Å². The zero-order valence-corrected chi connectivity index (χ0v) is 25.4. The van der Waals surface area contributed by atoms with Crippen LogP contribution < -0.4 is 14.4 Å². The summed E-state index contributed by atoms with van der Waals surface area (Å²) in [6.45, 7) is 4.10. The molecule has 2 saturated carbocycles. The van der Waals surface area contributed by atoms with Crippen LogP contribution in [0.2, 0.25) is 0 Å². The molecule has 1 heterocycles. The molecule has 0 N–H and O–H groups in total. The van der Waals surface area contributed by atoms with Crippen molar-refractivity contribution in [1.82, 2.24) is 4.90 Å². The Bertz CT molecular complexity index is 1350. The fourth-order valence-corrected chi connectivity index (χ4v) is 6.85. The Morgan fingerprint density at radius 2 is 1.05 bits per heavy atom. The number of esters is 2. The summed E-state index contributed by atoms with van der Waals surface area (Å²) in [5.74, 6) is 1.04. The summed E-state index contributed by atoms with van der Waals surface area (Å²) in [7, 11) is 2.14. The van der Waals surface area contributed by atoms with Crippen LogP contribution in [0.15, 0.2) is 72.8 Å². The van der Waals surface area contributed by atoms with E-state index in [0.717, 1.165) is 37.4 Å². The highest BCUT2D eigenvalue weighted by atomic mass is 16.5. The minimum absolute atomic E-state index is 0.190. The van der Waals surface area contributed by atoms with Crippen LogP contribution in [0.25, 0.3) is 11.1 Å². The lowest BCUT2D eigenvalue weighted by Crippen LogP contribution is -2.44. The van der Waals surface area contributed by atoms with Gasteiger partial charge in [-0.3, -0.25) is 9.59 Å². The zero-order valence-electron chi connectivity index (χ0n) is 25.4. The van der Waals surface area contributed by atoms with Crippen LogP contribution in [0.4, 0.5) is 5.69 Å². The van der Waals surface area contributed by atoms with E-state index >= 15 is 0 Å². The van der Waals surface area contributed by atoms with Gasteiger partial charge in [0.05, 0.1) is 11.8 Å². The zero-order chi connectivity index (χ0) is 29.6. The van der Waals surface area contributed by atoms with Gasteiger partial charge < -0.3 is 19.3 Å². The average molecular weight is 581 g/mol. The number of piperazine rings is 1. The molecule has 3 fully saturated rings. The summed E-state index contributed by atoms with van der Waals surface area (Å²) in [6, 6.07) is 24.6. The molecular weight excluding hydrogens is 536 g/mol. The fraction of sp³-hybridized carbons (Fsp3) is 0.459. The van der Waals surface area contributed by atoms with Crippen molar-refractivity contribution in [3.05, 3.63) is 78.4 Å². The molecule has 1 aliphatic heterocycles. The van der Waals surface area contributed by atoms with Crippen molar-refractivity contribution >= 4 is 17.6 Å². The van der Waals surface area contributed by atoms with Crippen LogP contribution in [0, 0.1) is 11.8 Å². The quantitative estimate of drug-likeness (QED) is 0.213. The molecule has 43 heavy (non-hydrogen) atoms. The first kappa shape index (κ1) is 29.4. The summed E-state index contributed by atoms with van der Waals surface area (Å²) >= 11 is 0. The summed E-state index contributed by atoms with van der Waals surface area (Å²) in [5.41, 5.74) is 4.90. The van der Waals surface area contributed by atoms with Gasteiger partial charge in [0.15, 0.2) is 0 Å². The van der Waals surface area contributed by atoms with E-state index in [1.807, 2.05) is 48.5 Å². The maximum Gasteiger partial charge on any atom is 0.314 e. The summed E-state index contributed by atoms with van der Waals surface area (Å²) < 4.78 is 11.4. The lowest BCUT2D eigenvalue weighted by molar-refractivity contribution is -0.145. The average Bonchev–Trinajstić information content (AvgIpc) is 3.06. The second kappa shape index (κ2) is 13.8. The van der Waals surface area contributed by atoms with Gasteiger partial charge in [0.2, 0.25) is 0 Å². The van der Waals surface area contributed by atoms with E-state index in [0.29, 0.717) is 43.1 Å². The van der Waals surface area contributed by atoms with Gasteiger partial charge in [0.1, 0.15) is 11.5 Å². The molecule has 0 amide bonds. The van der Waals surface area contributed by atoms with Gasteiger partial charge in [-0.15, -0.1) is 0 Å². The van der Waals surface area contributed by atoms with Gasteiger partial charge in [-0.1, -0.05) is 55.7 Å². The molecule has 3 aromatic carbocycles. The number of rotatable bonds is 7. The standard InChI is InChI=1S/C37H44N2O4/c1-38-23-25-39(26-24-38)33-17-21-35(22-18-33)43-37(41)32-13-11-31(12-14-32)36(40)42-34-19-15-30(16-20-34)29-9-7-28(8-10-29)27-5-3-2-4-6-27/h7-10,15-22,27,31-32H,2-6,11-14,23-26H2,1H3. The van der Waals surface area contributed by atoms with E-state index in [1.165, 1.54) is 43.2 Å². The van der Waals surface area contributed by atoms with Crippen LogP contribution >= 0.6 is 0 Å². The Balaban J connectivity index is 0.949. The van der Waals surface area contributed by atoms with Crippen LogP contribution in [-0.2, 0) is 9.59 Å². The van der Waals surface area contributed by atoms with Gasteiger partial charge in [-0.2, -0.15) is 0 Å². The molecule has 0 atom stereocenters. The first-order valence-corrected chi connectivity index (χ1v) is 16.2. The normalized spacial score (nSPS) is 21.7. The van der Waals surface area contributed by atoms with Crippen molar-refractivity contribution in [2.75, 3.05) is 38.1 Å². The number of hydrogen-bond donors (Lipinski definition) is 0. The van der Waals surface area contributed by atoms with Gasteiger partial charge in [0, 0.05) is 31.9 Å². The second-order valence-electron chi connectivity index (χ2n) is 12.7. The molecule has 226 valence electrons. The summed E-state index contributed by atoms with van der Waals surface area (Å²) in [6.07, 6.45) is 9.18. The number of likely N-dealkylation sites (N-methyl/N-ethyl adjacent to an activating group) is 1. The first-order valence-electron chi connectivity index (χ1n) is 16.2. The third-order valence-electron chi connectivity index (χ3n) is 9.71. The number of nitrogens with zero attached hydrogens (tertiary/aromatic N) is 2. The van der Waals surface area contributed by atoms with E-state index in [9.17, 15) is 9.59 Å². The number of ether oxygens (including phenoxy) is 2. The largest absolute Gasteiger partial charge is 0.426 e. The maximum absolute atomic E-state index is 12.9. The third kappa shape index (κ3) is 7.48. The van der Waals surface area contributed by atoms with E-state index in [-0.39, 0.29) is 23.8 Å². The van der Waals surface area contributed by atoms with Crippen LogP contribution in [0.1, 0.15) is 69.3 Å². The Morgan fingerprint density at radius 1 is 0.581 bits per heavy atom. The van der Waals surface area contributed by atoms with Crippen LogP contribution in [0.3, 0.4) is 0 Å². The molecule has 0 unspecified atom stereocenters.